The van der Waals surface area contributed by atoms with Crippen molar-refractivity contribution in [3.63, 3.8) is 0 Å². The number of carboxylic acids is 1. The predicted molar refractivity (Wildman–Crippen MR) is 81.8 cm³/mol. The topological polar surface area (TPSA) is 101 Å². The van der Waals surface area contributed by atoms with E-state index in [-0.39, 0.29) is 28.8 Å². The number of nitrogens with zero attached hydrogens (tertiary/aromatic N) is 1. The molecule has 2 fully saturated rings. The van der Waals surface area contributed by atoms with Crippen LogP contribution < -0.4 is 0 Å². The summed E-state index contributed by atoms with van der Waals surface area (Å²) in [6, 6.07) is 1.29. The molecule has 0 unspecified atom stereocenters. The van der Waals surface area contributed by atoms with Gasteiger partial charge in [0.15, 0.2) is 0 Å². The van der Waals surface area contributed by atoms with Gasteiger partial charge in [-0.3, -0.25) is 4.79 Å². The number of carbonyl (C=O) groups excluding carboxylic acids is 1. The quantitative estimate of drug-likeness (QED) is 0.816. The van der Waals surface area contributed by atoms with Gasteiger partial charge in [0.2, 0.25) is 0 Å². The fourth-order valence-corrected chi connectivity index (χ4v) is 6.44. The van der Waals surface area contributed by atoms with E-state index in [9.17, 15) is 23.1 Å². The highest BCUT2D eigenvalue weighted by molar-refractivity contribution is 7.91. The van der Waals surface area contributed by atoms with Crippen LogP contribution in [-0.4, -0.2) is 50.0 Å². The second-order valence-corrected chi connectivity index (χ2v) is 9.07. The number of sulfonamides is 1. The van der Waals surface area contributed by atoms with Crippen LogP contribution in [0.25, 0.3) is 0 Å². The Morgan fingerprint density at radius 2 is 2.22 bits per heavy atom. The lowest BCUT2D eigenvalue weighted by Crippen LogP contribution is -2.37. The lowest BCUT2D eigenvalue weighted by Gasteiger charge is -2.23. The summed E-state index contributed by atoms with van der Waals surface area (Å²) in [6.07, 6.45) is 2.06. The second kappa shape index (κ2) is 5.57. The molecule has 1 N–H and O–H groups in total. The zero-order chi connectivity index (χ0) is 16.8. The summed E-state index contributed by atoms with van der Waals surface area (Å²) >= 11 is 0.945. The highest BCUT2D eigenvalue weighted by atomic mass is 32.2. The molecule has 0 aromatic carbocycles. The van der Waals surface area contributed by atoms with Crippen LogP contribution in [-0.2, 0) is 19.6 Å². The predicted octanol–water partition coefficient (Wildman–Crippen LogP) is 1.41. The third-order valence-corrected chi connectivity index (χ3v) is 8.08. The molecule has 0 amide bonds. The van der Waals surface area contributed by atoms with Gasteiger partial charge in [0.05, 0.1) is 18.1 Å². The van der Waals surface area contributed by atoms with Crippen molar-refractivity contribution in [2.45, 2.75) is 23.5 Å². The Hall–Kier alpha value is -1.45. The molecule has 1 aliphatic carbocycles. The van der Waals surface area contributed by atoms with Gasteiger partial charge in [0.25, 0.3) is 10.0 Å². The largest absolute Gasteiger partial charge is 0.481 e. The number of carbonyl (C=O) groups is 2. The Labute approximate surface area is 137 Å². The van der Waals surface area contributed by atoms with Crippen LogP contribution in [0.15, 0.2) is 15.7 Å². The minimum Gasteiger partial charge on any atom is -0.481 e. The van der Waals surface area contributed by atoms with Gasteiger partial charge in [0.1, 0.15) is 4.21 Å². The van der Waals surface area contributed by atoms with Crippen molar-refractivity contribution in [2.24, 2.45) is 11.3 Å². The number of rotatable bonds is 4. The summed E-state index contributed by atoms with van der Waals surface area (Å²) in [4.78, 5) is 23.1. The first-order valence-electron chi connectivity index (χ1n) is 7.21. The second-order valence-electron chi connectivity index (χ2n) is 5.99. The van der Waals surface area contributed by atoms with Gasteiger partial charge in [-0.05, 0) is 24.8 Å². The number of hydrogen-bond acceptors (Lipinski definition) is 6. The van der Waals surface area contributed by atoms with Crippen molar-refractivity contribution >= 4 is 33.3 Å². The van der Waals surface area contributed by atoms with E-state index in [0.717, 1.165) is 24.2 Å². The lowest BCUT2D eigenvalue weighted by atomic mass is 9.81. The first-order valence-corrected chi connectivity index (χ1v) is 9.53. The maximum Gasteiger partial charge on any atom is 0.338 e. The summed E-state index contributed by atoms with van der Waals surface area (Å²) in [5.41, 5.74) is -0.779. The highest BCUT2D eigenvalue weighted by Gasteiger charge is 2.57. The number of methoxy groups -OCH3 is 1. The third-order valence-electron chi connectivity index (χ3n) is 4.86. The van der Waals surface area contributed by atoms with Crippen molar-refractivity contribution in [3.8, 4) is 0 Å². The molecule has 23 heavy (non-hydrogen) atoms. The highest BCUT2D eigenvalue weighted by Crippen LogP contribution is 2.50. The van der Waals surface area contributed by atoms with E-state index in [2.05, 4.69) is 4.74 Å². The number of thiophene rings is 1. The zero-order valence-electron chi connectivity index (χ0n) is 12.5. The monoisotopic (exact) mass is 359 g/mol. The molecule has 1 aromatic heterocycles. The van der Waals surface area contributed by atoms with E-state index in [1.54, 1.807) is 0 Å². The maximum atomic E-state index is 12.7. The van der Waals surface area contributed by atoms with E-state index in [0.29, 0.717) is 6.42 Å². The van der Waals surface area contributed by atoms with Crippen molar-refractivity contribution < 1.29 is 27.9 Å². The standard InChI is InChI=1S/C14H17NO6S2/c1-21-12(16)9-5-11(22-7-9)23(19,20)15-6-10-3-2-4-14(10,8-15)13(17)18/h5,7,10H,2-4,6,8H2,1H3,(H,17,18)/t10-,14+/m0/s1. The molecule has 2 aliphatic rings. The van der Waals surface area contributed by atoms with Crippen LogP contribution in [0.1, 0.15) is 29.6 Å². The van der Waals surface area contributed by atoms with Gasteiger partial charge >= 0.3 is 11.9 Å². The average molecular weight is 359 g/mol. The van der Waals surface area contributed by atoms with Crippen LogP contribution in [0, 0.1) is 11.3 Å². The summed E-state index contributed by atoms with van der Waals surface area (Å²) in [6.45, 7) is 0.223. The Bertz CT molecular complexity index is 755. The molecule has 0 spiro atoms. The molecule has 9 heteroatoms. The summed E-state index contributed by atoms with van der Waals surface area (Å²) in [7, 11) is -2.56. The van der Waals surface area contributed by atoms with Gasteiger partial charge in [-0.15, -0.1) is 11.3 Å². The first kappa shape index (κ1) is 16.4. The zero-order valence-corrected chi connectivity index (χ0v) is 14.2. The molecule has 0 bridgehead atoms. The van der Waals surface area contributed by atoms with Crippen LogP contribution in [0.4, 0.5) is 0 Å². The number of aliphatic carboxylic acids is 1. The van der Waals surface area contributed by atoms with Crippen LogP contribution in [0.3, 0.4) is 0 Å². The van der Waals surface area contributed by atoms with Gasteiger partial charge < -0.3 is 9.84 Å². The van der Waals surface area contributed by atoms with Crippen molar-refractivity contribution in [3.05, 3.63) is 17.0 Å². The van der Waals surface area contributed by atoms with Crippen LogP contribution in [0.5, 0.6) is 0 Å². The minimum absolute atomic E-state index is 0.000785. The SMILES string of the molecule is COC(=O)c1csc(S(=O)(=O)N2C[C@@H]3CCC[C@@]3(C(=O)O)C2)c1. The number of ether oxygens (including phenoxy) is 1. The third kappa shape index (κ3) is 2.47. The number of esters is 1. The molecular weight excluding hydrogens is 342 g/mol. The van der Waals surface area contributed by atoms with Gasteiger partial charge in [0, 0.05) is 18.5 Å². The molecule has 1 saturated carbocycles. The Morgan fingerprint density at radius 1 is 1.48 bits per heavy atom. The van der Waals surface area contributed by atoms with Crippen molar-refractivity contribution in [1.29, 1.82) is 0 Å². The molecule has 1 aromatic rings. The molecule has 2 heterocycles. The summed E-state index contributed by atoms with van der Waals surface area (Å²) in [5, 5.41) is 11.0. The molecular formula is C14H17NO6S2. The van der Waals surface area contributed by atoms with Gasteiger partial charge in [-0.25, -0.2) is 13.2 Å². The van der Waals surface area contributed by atoms with E-state index in [1.807, 2.05) is 0 Å². The first-order chi connectivity index (χ1) is 10.8. The fraction of sp³-hybridized carbons (Fsp3) is 0.571. The van der Waals surface area contributed by atoms with Crippen molar-refractivity contribution in [1.82, 2.24) is 4.31 Å². The number of hydrogen-bond donors (Lipinski definition) is 1. The van der Waals surface area contributed by atoms with Crippen LogP contribution in [0.2, 0.25) is 0 Å². The molecule has 7 nitrogen and oxygen atoms in total. The summed E-state index contributed by atoms with van der Waals surface area (Å²) in [5.74, 6) is -1.66. The number of carboxylic acid groups (broad SMARTS) is 1. The lowest BCUT2D eigenvalue weighted by molar-refractivity contribution is -0.149. The van der Waals surface area contributed by atoms with E-state index >= 15 is 0 Å². The van der Waals surface area contributed by atoms with Crippen molar-refractivity contribution in [2.75, 3.05) is 20.2 Å². The fourth-order valence-electron chi connectivity index (χ4n) is 3.58. The Morgan fingerprint density at radius 3 is 2.83 bits per heavy atom. The molecule has 3 rings (SSSR count). The van der Waals surface area contributed by atoms with Gasteiger partial charge in [-0.2, -0.15) is 4.31 Å². The Kier molecular flexibility index (Phi) is 3.97. The van der Waals surface area contributed by atoms with Crippen LogP contribution >= 0.6 is 11.3 Å². The average Bonchev–Trinajstić information content (AvgIpc) is 3.19. The number of fused-ring (bicyclic) bond motifs is 1. The molecule has 0 radical (unpaired) electrons. The molecule has 1 aliphatic heterocycles. The molecule has 1 saturated heterocycles. The molecule has 126 valence electrons. The minimum atomic E-state index is -3.79. The van der Waals surface area contributed by atoms with Gasteiger partial charge in [-0.1, -0.05) is 6.42 Å². The normalized spacial score (nSPS) is 27.8. The van der Waals surface area contributed by atoms with E-state index in [4.69, 9.17) is 0 Å². The Balaban J connectivity index is 1.88. The van der Waals surface area contributed by atoms with E-state index < -0.39 is 27.4 Å². The molecule has 2 atom stereocenters. The van der Waals surface area contributed by atoms with E-state index in [1.165, 1.54) is 22.9 Å². The summed E-state index contributed by atoms with van der Waals surface area (Å²) < 4.78 is 31.4. The smallest absolute Gasteiger partial charge is 0.338 e. The maximum absolute atomic E-state index is 12.7.